The highest BCUT2D eigenvalue weighted by Crippen LogP contribution is 2.20. The Balaban J connectivity index is 2.14. The molecule has 0 aromatic heterocycles. The van der Waals surface area contributed by atoms with Crippen molar-refractivity contribution in [1.82, 2.24) is 4.90 Å². The van der Waals surface area contributed by atoms with Crippen LogP contribution in [0.15, 0.2) is 48.5 Å². The summed E-state index contributed by atoms with van der Waals surface area (Å²) >= 11 is 0. The Hall–Kier alpha value is -3.06. The second kappa shape index (κ2) is 10.5. The monoisotopic (exact) mass is 442 g/mol. The van der Waals surface area contributed by atoms with Crippen molar-refractivity contribution < 1.29 is 24.1 Å². The Morgan fingerprint density at radius 3 is 2.16 bits per heavy atom. The van der Waals surface area contributed by atoms with Crippen molar-refractivity contribution in [2.45, 2.75) is 65.7 Å². The lowest BCUT2D eigenvalue weighted by molar-refractivity contribution is -0.301. The molecule has 0 saturated carbocycles. The van der Waals surface area contributed by atoms with Crippen LogP contribution in [-0.4, -0.2) is 34.7 Å². The first-order valence-corrected chi connectivity index (χ1v) is 10.6. The molecule has 0 fully saturated rings. The number of benzene rings is 2. The summed E-state index contributed by atoms with van der Waals surface area (Å²) in [6.07, 6.45) is 0.254. The summed E-state index contributed by atoms with van der Waals surface area (Å²) in [6.45, 7) is 11.5. The third kappa shape index (κ3) is 8.59. The lowest BCUT2D eigenvalue weighted by Gasteiger charge is -2.28. The maximum absolute atomic E-state index is 12.8. The standard InChI is InChI=1S/C25H34N2O5/c1-24(2,3)30-23(29)27(15-14-18-10-8-7-9-11-18)17-20-13-12-19(16-21(20)26)22(28)31-32-25(4,5)6/h7-13,16H,14-15,17,26H2,1-6H3. The fourth-order valence-electron chi connectivity index (χ4n) is 2.75. The van der Waals surface area contributed by atoms with Gasteiger partial charge in [-0.05, 0) is 71.2 Å². The lowest BCUT2D eigenvalue weighted by atomic mass is 10.1. The van der Waals surface area contributed by atoms with Gasteiger partial charge in [0.05, 0.1) is 12.1 Å². The van der Waals surface area contributed by atoms with Gasteiger partial charge in [-0.15, -0.1) is 0 Å². The van der Waals surface area contributed by atoms with E-state index >= 15 is 0 Å². The molecule has 0 saturated heterocycles. The summed E-state index contributed by atoms with van der Waals surface area (Å²) in [4.78, 5) is 36.6. The second-order valence-corrected chi connectivity index (χ2v) is 9.62. The summed E-state index contributed by atoms with van der Waals surface area (Å²) in [5, 5.41) is 0. The molecule has 0 aliphatic rings. The quantitative estimate of drug-likeness (QED) is 0.363. The summed E-state index contributed by atoms with van der Waals surface area (Å²) in [6, 6.07) is 14.7. The molecule has 0 spiro atoms. The van der Waals surface area contributed by atoms with E-state index in [9.17, 15) is 9.59 Å². The number of rotatable bonds is 7. The van der Waals surface area contributed by atoms with Gasteiger partial charge >= 0.3 is 12.1 Å². The molecule has 0 aliphatic heterocycles. The van der Waals surface area contributed by atoms with E-state index in [4.69, 9.17) is 20.2 Å². The van der Waals surface area contributed by atoms with E-state index in [1.54, 1.807) is 37.8 Å². The van der Waals surface area contributed by atoms with Crippen LogP contribution in [0.4, 0.5) is 10.5 Å². The van der Waals surface area contributed by atoms with Gasteiger partial charge in [-0.1, -0.05) is 36.4 Å². The molecular formula is C25H34N2O5. The molecule has 1 amide bonds. The van der Waals surface area contributed by atoms with Crippen molar-refractivity contribution in [2.75, 3.05) is 12.3 Å². The maximum atomic E-state index is 12.8. The minimum atomic E-state index is -0.633. The third-order valence-electron chi connectivity index (χ3n) is 4.28. The number of anilines is 1. The number of ether oxygens (including phenoxy) is 1. The van der Waals surface area contributed by atoms with Crippen LogP contribution in [0.25, 0.3) is 0 Å². The molecule has 0 heterocycles. The fourth-order valence-corrected chi connectivity index (χ4v) is 2.75. The Kier molecular flexibility index (Phi) is 8.27. The topological polar surface area (TPSA) is 91.1 Å². The Morgan fingerprint density at radius 1 is 0.938 bits per heavy atom. The minimum Gasteiger partial charge on any atom is -0.444 e. The first kappa shape index (κ1) is 25.2. The summed E-state index contributed by atoms with van der Waals surface area (Å²) < 4.78 is 5.58. The first-order valence-electron chi connectivity index (χ1n) is 10.6. The molecule has 7 nitrogen and oxygen atoms in total. The van der Waals surface area contributed by atoms with Gasteiger partial charge in [0.1, 0.15) is 11.2 Å². The SMILES string of the molecule is CC(C)(C)OOC(=O)c1ccc(CN(CCc2ccccc2)C(=O)OC(C)(C)C)c(N)c1. The average Bonchev–Trinajstić information content (AvgIpc) is 2.69. The van der Waals surface area contributed by atoms with Crippen LogP contribution in [0, 0.1) is 0 Å². The second-order valence-electron chi connectivity index (χ2n) is 9.62. The number of nitrogen functional groups attached to an aromatic ring is 1. The first-order chi connectivity index (χ1) is 14.8. The fraction of sp³-hybridized carbons (Fsp3) is 0.440. The molecule has 0 aliphatic carbocycles. The van der Waals surface area contributed by atoms with Gasteiger partial charge in [-0.25, -0.2) is 9.59 Å². The minimum absolute atomic E-state index is 0.251. The number of carbonyl (C=O) groups excluding carboxylic acids is 2. The number of nitrogens with two attached hydrogens (primary N) is 1. The van der Waals surface area contributed by atoms with Gasteiger partial charge in [-0.3, -0.25) is 4.89 Å². The van der Waals surface area contributed by atoms with Crippen LogP contribution in [0.5, 0.6) is 0 Å². The van der Waals surface area contributed by atoms with Crippen LogP contribution >= 0.6 is 0 Å². The number of amides is 1. The Labute approximate surface area is 190 Å². The molecule has 2 aromatic rings. The van der Waals surface area contributed by atoms with Gasteiger partial charge in [-0.2, -0.15) is 4.89 Å². The molecule has 0 atom stereocenters. The van der Waals surface area contributed by atoms with E-state index in [-0.39, 0.29) is 12.1 Å². The predicted molar refractivity (Wildman–Crippen MR) is 124 cm³/mol. The smallest absolute Gasteiger partial charge is 0.410 e. The molecule has 174 valence electrons. The number of hydrogen-bond donors (Lipinski definition) is 1. The van der Waals surface area contributed by atoms with Crippen molar-refractivity contribution in [3.8, 4) is 0 Å². The highest BCUT2D eigenvalue weighted by atomic mass is 17.2. The van der Waals surface area contributed by atoms with E-state index in [1.807, 2.05) is 51.1 Å². The summed E-state index contributed by atoms with van der Waals surface area (Å²) in [5.74, 6) is -0.633. The largest absolute Gasteiger partial charge is 0.444 e. The zero-order valence-corrected chi connectivity index (χ0v) is 19.8. The normalized spacial score (nSPS) is 11.7. The molecule has 0 radical (unpaired) electrons. The van der Waals surface area contributed by atoms with E-state index in [2.05, 4.69) is 0 Å². The van der Waals surface area contributed by atoms with Crippen molar-refractivity contribution >= 4 is 17.7 Å². The van der Waals surface area contributed by atoms with Gasteiger partial charge in [0, 0.05) is 12.2 Å². The summed E-state index contributed by atoms with van der Waals surface area (Å²) in [5.41, 5.74) is 7.43. The third-order valence-corrected chi connectivity index (χ3v) is 4.28. The Morgan fingerprint density at radius 2 is 1.59 bits per heavy atom. The van der Waals surface area contributed by atoms with E-state index < -0.39 is 23.3 Å². The Bertz CT molecular complexity index is 914. The van der Waals surface area contributed by atoms with Crippen molar-refractivity contribution in [1.29, 1.82) is 0 Å². The lowest BCUT2D eigenvalue weighted by Crippen LogP contribution is -2.37. The average molecular weight is 443 g/mol. The van der Waals surface area contributed by atoms with Crippen molar-refractivity contribution in [3.63, 3.8) is 0 Å². The molecular weight excluding hydrogens is 408 g/mol. The molecule has 2 aromatic carbocycles. The van der Waals surface area contributed by atoms with Crippen LogP contribution in [0.3, 0.4) is 0 Å². The number of nitrogens with zero attached hydrogens (tertiary/aromatic N) is 1. The van der Waals surface area contributed by atoms with Crippen molar-refractivity contribution in [2.24, 2.45) is 0 Å². The van der Waals surface area contributed by atoms with Crippen molar-refractivity contribution in [3.05, 3.63) is 65.2 Å². The molecule has 0 bridgehead atoms. The van der Waals surface area contributed by atoms with E-state index in [1.165, 1.54) is 6.07 Å². The van der Waals surface area contributed by atoms with Gasteiger partial charge in [0.15, 0.2) is 0 Å². The molecule has 32 heavy (non-hydrogen) atoms. The van der Waals surface area contributed by atoms with Gasteiger partial charge < -0.3 is 15.4 Å². The molecule has 0 unspecified atom stereocenters. The number of carbonyl (C=O) groups is 2. The van der Waals surface area contributed by atoms with E-state index in [0.29, 0.717) is 24.2 Å². The van der Waals surface area contributed by atoms with Crippen LogP contribution in [0.2, 0.25) is 0 Å². The zero-order chi connectivity index (χ0) is 23.9. The van der Waals surface area contributed by atoms with Crippen LogP contribution < -0.4 is 5.73 Å². The van der Waals surface area contributed by atoms with Gasteiger partial charge in [0.25, 0.3) is 0 Å². The van der Waals surface area contributed by atoms with E-state index in [0.717, 1.165) is 5.56 Å². The zero-order valence-electron chi connectivity index (χ0n) is 19.8. The highest BCUT2D eigenvalue weighted by Gasteiger charge is 2.23. The van der Waals surface area contributed by atoms with Crippen LogP contribution in [0.1, 0.15) is 63.0 Å². The highest BCUT2D eigenvalue weighted by molar-refractivity contribution is 5.90. The maximum Gasteiger partial charge on any atom is 0.410 e. The molecule has 7 heteroatoms. The molecule has 2 N–H and O–H groups in total. The van der Waals surface area contributed by atoms with Crippen LogP contribution in [-0.2, 0) is 27.5 Å². The number of hydrogen-bond acceptors (Lipinski definition) is 6. The van der Waals surface area contributed by atoms with Gasteiger partial charge in [0.2, 0.25) is 0 Å². The molecule has 2 rings (SSSR count). The summed E-state index contributed by atoms with van der Waals surface area (Å²) in [7, 11) is 0. The predicted octanol–water partition coefficient (Wildman–Crippen LogP) is 5.14.